The Bertz CT molecular complexity index is 449. The van der Waals surface area contributed by atoms with Crippen LogP contribution in [0.25, 0.3) is 0 Å². The minimum Gasteiger partial charge on any atom is -0.313 e. The van der Waals surface area contributed by atoms with E-state index >= 15 is 0 Å². The number of hydrogen-bond donors (Lipinski definition) is 1. The fraction of sp³-hybridized carbons (Fsp3) is 0.684. The highest BCUT2D eigenvalue weighted by molar-refractivity contribution is 5.25. The van der Waals surface area contributed by atoms with Gasteiger partial charge in [0.15, 0.2) is 0 Å². The molecule has 0 amide bonds. The summed E-state index contributed by atoms with van der Waals surface area (Å²) in [7, 11) is 2.25. The molecule has 1 N–H and O–H groups in total. The van der Waals surface area contributed by atoms with Gasteiger partial charge in [-0.25, -0.2) is 0 Å². The number of rotatable bonds is 8. The molecule has 2 saturated carbocycles. The normalized spacial score (nSPS) is 26.1. The largest absolute Gasteiger partial charge is 0.313 e. The van der Waals surface area contributed by atoms with Gasteiger partial charge < -0.3 is 10.2 Å². The summed E-state index contributed by atoms with van der Waals surface area (Å²) in [5.41, 5.74) is 2.90. The lowest BCUT2D eigenvalue weighted by Gasteiger charge is -2.18. The maximum atomic E-state index is 3.63. The third kappa shape index (κ3) is 4.55. The van der Waals surface area contributed by atoms with Gasteiger partial charge in [0.05, 0.1) is 0 Å². The molecule has 3 rings (SSSR count). The van der Waals surface area contributed by atoms with E-state index in [4.69, 9.17) is 0 Å². The third-order valence-corrected chi connectivity index (χ3v) is 5.11. The lowest BCUT2D eigenvalue weighted by Crippen LogP contribution is -2.22. The van der Waals surface area contributed by atoms with Crippen LogP contribution in [-0.4, -0.2) is 31.1 Å². The maximum absolute atomic E-state index is 3.63. The van der Waals surface area contributed by atoms with Crippen LogP contribution in [0.2, 0.25) is 0 Å². The third-order valence-electron chi connectivity index (χ3n) is 5.11. The predicted molar refractivity (Wildman–Crippen MR) is 89.5 cm³/mol. The van der Waals surface area contributed by atoms with Crippen LogP contribution in [0.1, 0.15) is 50.2 Å². The van der Waals surface area contributed by atoms with E-state index in [1.807, 2.05) is 0 Å². The summed E-state index contributed by atoms with van der Waals surface area (Å²) in [6, 6.07) is 10.1. The molecule has 3 unspecified atom stereocenters. The zero-order valence-corrected chi connectivity index (χ0v) is 13.8. The first-order valence-corrected chi connectivity index (χ1v) is 8.62. The van der Waals surface area contributed by atoms with E-state index in [1.165, 1.54) is 36.9 Å². The molecule has 3 atom stereocenters. The second-order valence-electron chi connectivity index (χ2n) is 7.49. The van der Waals surface area contributed by atoms with Gasteiger partial charge in [0.1, 0.15) is 0 Å². The standard InChI is InChI=1S/C19H30N2/c1-14-10-18(14)13-21(3)12-16-4-6-17(7-5-16)15(2)11-20-19-8-9-19/h4-7,14-15,18-20H,8-13H2,1-3H3. The van der Waals surface area contributed by atoms with E-state index in [0.29, 0.717) is 5.92 Å². The molecular formula is C19H30N2. The van der Waals surface area contributed by atoms with Crippen LogP contribution >= 0.6 is 0 Å². The molecule has 0 radical (unpaired) electrons. The highest BCUT2D eigenvalue weighted by Gasteiger charge is 2.32. The lowest BCUT2D eigenvalue weighted by atomic mass is 9.99. The van der Waals surface area contributed by atoms with Crippen molar-refractivity contribution in [2.24, 2.45) is 11.8 Å². The Balaban J connectivity index is 1.45. The predicted octanol–water partition coefficient (Wildman–Crippen LogP) is 3.63. The van der Waals surface area contributed by atoms with Crippen molar-refractivity contribution in [2.75, 3.05) is 20.1 Å². The second kappa shape index (κ2) is 6.50. The van der Waals surface area contributed by atoms with Crippen LogP contribution in [0, 0.1) is 11.8 Å². The van der Waals surface area contributed by atoms with Crippen molar-refractivity contribution in [3.05, 3.63) is 35.4 Å². The van der Waals surface area contributed by atoms with Crippen molar-refractivity contribution in [1.82, 2.24) is 10.2 Å². The summed E-state index contributed by atoms with van der Waals surface area (Å²) in [6.07, 6.45) is 4.17. The van der Waals surface area contributed by atoms with Crippen molar-refractivity contribution in [1.29, 1.82) is 0 Å². The smallest absolute Gasteiger partial charge is 0.0230 e. The average molecular weight is 286 g/mol. The molecule has 0 aliphatic heterocycles. The van der Waals surface area contributed by atoms with Gasteiger partial charge in [-0.3, -0.25) is 0 Å². The summed E-state index contributed by atoms with van der Waals surface area (Å²) >= 11 is 0. The quantitative estimate of drug-likeness (QED) is 0.785. The molecule has 2 fully saturated rings. The Labute approximate surface area is 129 Å². The summed E-state index contributed by atoms with van der Waals surface area (Å²) in [6.45, 7) is 8.14. The van der Waals surface area contributed by atoms with E-state index in [2.05, 4.69) is 55.4 Å². The van der Waals surface area contributed by atoms with E-state index in [0.717, 1.165) is 31.0 Å². The maximum Gasteiger partial charge on any atom is 0.0230 e. The molecule has 0 aromatic heterocycles. The van der Waals surface area contributed by atoms with Gasteiger partial charge in [-0.15, -0.1) is 0 Å². The van der Waals surface area contributed by atoms with Gasteiger partial charge in [-0.05, 0) is 55.2 Å². The molecule has 0 spiro atoms. The van der Waals surface area contributed by atoms with Crippen LogP contribution in [0.5, 0.6) is 0 Å². The lowest BCUT2D eigenvalue weighted by molar-refractivity contribution is 0.307. The molecular weight excluding hydrogens is 256 g/mol. The Morgan fingerprint density at radius 1 is 1.24 bits per heavy atom. The molecule has 116 valence electrons. The molecule has 0 heterocycles. The topological polar surface area (TPSA) is 15.3 Å². The molecule has 1 aromatic carbocycles. The van der Waals surface area contributed by atoms with Crippen molar-refractivity contribution >= 4 is 0 Å². The molecule has 1 aromatic rings. The van der Waals surface area contributed by atoms with Crippen molar-refractivity contribution in [2.45, 2.75) is 51.6 Å². The van der Waals surface area contributed by atoms with Crippen molar-refractivity contribution in [3.63, 3.8) is 0 Å². The zero-order valence-electron chi connectivity index (χ0n) is 13.8. The van der Waals surface area contributed by atoms with Gasteiger partial charge in [0, 0.05) is 25.7 Å². The Kier molecular flexibility index (Phi) is 4.66. The van der Waals surface area contributed by atoms with Crippen molar-refractivity contribution in [3.8, 4) is 0 Å². The van der Waals surface area contributed by atoms with Crippen LogP contribution in [-0.2, 0) is 6.54 Å². The van der Waals surface area contributed by atoms with Gasteiger partial charge in [-0.2, -0.15) is 0 Å². The molecule has 2 aliphatic carbocycles. The molecule has 0 bridgehead atoms. The number of nitrogens with one attached hydrogen (secondary N) is 1. The Morgan fingerprint density at radius 2 is 1.90 bits per heavy atom. The van der Waals surface area contributed by atoms with E-state index < -0.39 is 0 Å². The molecule has 2 heteroatoms. The fourth-order valence-corrected chi connectivity index (χ4v) is 3.13. The van der Waals surface area contributed by atoms with Crippen LogP contribution in [0.15, 0.2) is 24.3 Å². The molecule has 0 saturated heterocycles. The van der Waals surface area contributed by atoms with Crippen molar-refractivity contribution < 1.29 is 0 Å². The molecule has 21 heavy (non-hydrogen) atoms. The SMILES string of the molecule is CC(CNC1CC1)c1ccc(CN(C)CC2CC2C)cc1. The molecule has 2 nitrogen and oxygen atoms in total. The van der Waals surface area contributed by atoms with Gasteiger partial charge >= 0.3 is 0 Å². The number of hydrogen-bond acceptors (Lipinski definition) is 2. The number of nitrogens with zero attached hydrogens (tertiary/aromatic N) is 1. The van der Waals surface area contributed by atoms with E-state index in [9.17, 15) is 0 Å². The molecule has 2 aliphatic rings. The summed E-state index contributed by atoms with van der Waals surface area (Å²) in [5.74, 6) is 2.52. The average Bonchev–Trinajstić information content (AvgIpc) is 3.37. The first-order chi connectivity index (χ1) is 10.1. The van der Waals surface area contributed by atoms with Crippen LogP contribution in [0.3, 0.4) is 0 Å². The van der Waals surface area contributed by atoms with Gasteiger partial charge in [0.25, 0.3) is 0 Å². The van der Waals surface area contributed by atoms with Crippen LogP contribution in [0.4, 0.5) is 0 Å². The highest BCUT2D eigenvalue weighted by atomic mass is 15.1. The van der Waals surface area contributed by atoms with E-state index in [-0.39, 0.29) is 0 Å². The zero-order chi connectivity index (χ0) is 14.8. The van der Waals surface area contributed by atoms with Gasteiger partial charge in [-0.1, -0.05) is 38.1 Å². The Morgan fingerprint density at radius 3 is 2.48 bits per heavy atom. The summed E-state index contributed by atoms with van der Waals surface area (Å²) in [4.78, 5) is 2.47. The fourth-order valence-electron chi connectivity index (χ4n) is 3.13. The van der Waals surface area contributed by atoms with E-state index in [1.54, 1.807) is 0 Å². The van der Waals surface area contributed by atoms with Gasteiger partial charge in [0.2, 0.25) is 0 Å². The first kappa shape index (κ1) is 15.1. The highest BCUT2D eigenvalue weighted by Crippen LogP contribution is 2.38. The summed E-state index contributed by atoms with van der Waals surface area (Å²) < 4.78 is 0. The first-order valence-electron chi connectivity index (χ1n) is 8.62. The summed E-state index contributed by atoms with van der Waals surface area (Å²) in [5, 5.41) is 3.63. The van der Waals surface area contributed by atoms with Crippen LogP contribution < -0.4 is 5.32 Å². The number of benzene rings is 1. The monoisotopic (exact) mass is 286 g/mol. The second-order valence-corrected chi connectivity index (χ2v) is 7.49. The Hall–Kier alpha value is -0.860. The minimum atomic E-state index is 0.615. The minimum absolute atomic E-state index is 0.615.